The highest BCUT2D eigenvalue weighted by atomic mass is 16.4. The largest absolute Gasteiger partial charge is 0.479 e. The monoisotopic (exact) mass is 187 g/mol. The van der Waals surface area contributed by atoms with Crippen LogP contribution < -0.4 is 0 Å². The molecule has 0 amide bonds. The van der Waals surface area contributed by atoms with Crippen LogP contribution in [-0.2, 0) is 4.79 Å². The molecule has 13 heavy (non-hydrogen) atoms. The fourth-order valence-corrected chi connectivity index (χ4v) is 1.78. The molecule has 0 aliphatic carbocycles. The molecule has 76 valence electrons. The van der Waals surface area contributed by atoms with Gasteiger partial charge in [0.1, 0.15) is 0 Å². The summed E-state index contributed by atoms with van der Waals surface area (Å²) < 4.78 is 0. The lowest BCUT2D eigenvalue weighted by Crippen LogP contribution is -2.30. The highest BCUT2D eigenvalue weighted by Gasteiger charge is 2.26. The Bertz CT molecular complexity index is 184. The van der Waals surface area contributed by atoms with Crippen molar-refractivity contribution in [2.45, 2.75) is 25.4 Å². The molecule has 0 radical (unpaired) electrons. The van der Waals surface area contributed by atoms with Crippen molar-refractivity contribution in [3.63, 3.8) is 0 Å². The molecule has 0 saturated carbocycles. The van der Waals surface area contributed by atoms with E-state index in [4.69, 9.17) is 5.11 Å². The van der Waals surface area contributed by atoms with Crippen LogP contribution in [-0.4, -0.2) is 47.3 Å². The zero-order chi connectivity index (χ0) is 9.84. The average molecular weight is 187 g/mol. The van der Waals surface area contributed by atoms with Gasteiger partial charge in [-0.15, -0.1) is 0 Å². The SMILES string of the molecule is CN1CCCC(C(O)C(=O)O)CC1. The van der Waals surface area contributed by atoms with E-state index < -0.39 is 12.1 Å². The maximum Gasteiger partial charge on any atom is 0.332 e. The smallest absolute Gasteiger partial charge is 0.332 e. The molecule has 0 aromatic heterocycles. The van der Waals surface area contributed by atoms with Crippen LogP contribution in [0.4, 0.5) is 0 Å². The van der Waals surface area contributed by atoms with Gasteiger partial charge in [0.05, 0.1) is 0 Å². The van der Waals surface area contributed by atoms with Gasteiger partial charge in [-0.05, 0) is 45.3 Å². The standard InChI is InChI=1S/C9H17NO3/c1-10-5-2-3-7(4-6-10)8(11)9(12)13/h7-8,11H,2-6H2,1H3,(H,12,13). The molecule has 2 N–H and O–H groups in total. The number of rotatable bonds is 2. The average Bonchev–Trinajstić information content (AvgIpc) is 2.28. The molecule has 1 aliphatic heterocycles. The lowest BCUT2D eigenvalue weighted by atomic mass is 9.94. The Hall–Kier alpha value is -0.610. The summed E-state index contributed by atoms with van der Waals surface area (Å²) >= 11 is 0. The number of aliphatic carboxylic acids is 1. The van der Waals surface area contributed by atoms with E-state index in [2.05, 4.69) is 4.90 Å². The summed E-state index contributed by atoms with van der Waals surface area (Å²) in [7, 11) is 2.02. The van der Waals surface area contributed by atoms with Crippen LogP contribution >= 0.6 is 0 Å². The Morgan fingerprint density at radius 2 is 2.15 bits per heavy atom. The van der Waals surface area contributed by atoms with Gasteiger partial charge in [0.2, 0.25) is 0 Å². The highest BCUT2D eigenvalue weighted by molar-refractivity contribution is 5.72. The highest BCUT2D eigenvalue weighted by Crippen LogP contribution is 2.20. The molecular weight excluding hydrogens is 170 g/mol. The number of carbonyl (C=O) groups is 1. The first-order valence-corrected chi connectivity index (χ1v) is 4.70. The number of likely N-dealkylation sites (tertiary alicyclic amines) is 1. The Balaban J connectivity index is 2.46. The molecule has 0 bridgehead atoms. The predicted molar refractivity (Wildman–Crippen MR) is 48.5 cm³/mol. The van der Waals surface area contributed by atoms with E-state index in [-0.39, 0.29) is 5.92 Å². The molecule has 2 atom stereocenters. The van der Waals surface area contributed by atoms with Crippen molar-refractivity contribution in [3.05, 3.63) is 0 Å². The Kier molecular flexibility index (Phi) is 3.69. The normalized spacial score (nSPS) is 28.0. The van der Waals surface area contributed by atoms with E-state index >= 15 is 0 Å². The molecule has 1 heterocycles. The first-order valence-electron chi connectivity index (χ1n) is 4.70. The third-order valence-corrected chi connectivity index (χ3v) is 2.70. The Labute approximate surface area is 78.2 Å². The van der Waals surface area contributed by atoms with Gasteiger partial charge in [0.15, 0.2) is 6.10 Å². The molecule has 1 rings (SSSR count). The van der Waals surface area contributed by atoms with E-state index in [9.17, 15) is 9.90 Å². The quantitative estimate of drug-likeness (QED) is 0.646. The van der Waals surface area contributed by atoms with Crippen molar-refractivity contribution in [2.75, 3.05) is 20.1 Å². The number of aliphatic hydroxyl groups is 1. The van der Waals surface area contributed by atoms with Gasteiger partial charge in [-0.2, -0.15) is 0 Å². The summed E-state index contributed by atoms with van der Waals surface area (Å²) in [6.07, 6.45) is 1.40. The van der Waals surface area contributed by atoms with Crippen LogP contribution in [0.1, 0.15) is 19.3 Å². The minimum Gasteiger partial charge on any atom is -0.479 e. The summed E-state index contributed by atoms with van der Waals surface area (Å²) in [5.74, 6) is -1.16. The third-order valence-electron chi connectivity index (χ3n) is 2.70. The van der Waals surface area contributed by atoms with Crippen LogP contribution in [0.5, 0.6) is 0 Å². The summed E-state index contributed by atoms with van der Waals surface area (Å²) in [6, 6.07) is 0. The van der Waals surface area contributed by atoms with E-state index in [1.165, 1.54) is 0 Å². The molecule has 0 spiro atoms. The van der Waals surface area contributed by atoms with Crippen LogP contribution in [0.15, 0.2) is 0 Å². The lowest BCUT2D eigenvalue weighted by Gasteiger charge is -2.17. The number of carboxylic acid groups (broad SMARTS) is 1. The lowest BCUT2D eigenvalue weighted by molar-refractivity contribution is -0.149. The molecule has 4 nitrogen and oxygen atoms in total. The van der Waals surface area contributed by atoms with E-state index in [0.717, 1.165) is 32.4 Å². The number of hydrogen-bond acceptors (Lipinski definition) is 3. The van der Waals surface area contributed by atoms with Gasteiger partial charge in [-0.1, -0.05) is 0 Å². The van der Waals surface area contributed by atoms with Gasteiger partial charge >= 0.3 is 5.97 Å². The number of nitrogens with zero attached hydrogens (tertiary/aromatic N) is 1. The summed E-state index contributed by atoms with van der Waals surface area (Å²) in [5.41, 5.74) is 0. The zero-order valence-electron chi connectivity index (χ0n) is 7.94. The fraction of sp³-hybridized carbons (Fsp3) is 0.889. The second-order valence-electron chi connectivity index (χ2n) is 3.78. The molecular formula is C9H17NO3. The second-order valence-corrected chi connectivity index (χ2v) is 3.78. The molecule has 0 aromatic carbocycles. The van der Waals surface area contributed by atoms with E-state index in [0.29, 0.717) is 0 Å². The van der Waals surface area contributed by atoms with Gasteiger partial charge in [-0.3, -0.25) is 0 Å². The van der Waals surface area contributed by atoms with Gasteiger partial charge in [0.25, 0.3) is 0 Å². The Morgan fingerprint density at radius 1 is 1.46 bits per heavy atom. The van der Waals surface area contributed by atoms with E-state index in [1.807, 2.05) is 7.05 Å². The first kappa shape index (κ1) is 10.5. The minimum absolute atomic E-state index is 0.0672. The van der Waals surface area contributed by atoms with Crippen LogP contribution in [0.3, 0.4) is 0 Å². The predicted octanol–water partition coefficient (Wildman–Crippen LogP) is 0.164. The molecule has 2 unspecified atom stereocenters. The van der Waals surface area contributed by atoms with Crippen molar-refractivity contribution in [1.29, 1.82) is 0 Å². The third kappa shape index (κ3) is 2.97. The fourth-order valence-electron chi connectivity index (χ4n) is 1.78. The number of carboxylic acids is 1. The molecule has 1 aliphatic rings. The Morgan fingerprint density at radius 3 is 2.77 bits per heavy atom. The minimum atomic E-state index is -1.17. The maximum absolute atomic E-state index is 10.5. The topological polar surface area (TPSA) is 60.8 Å². The van der Waals surface area contributed by atoms with Gasteiger partial charge in [0, 0.05) is 0 Å². The molecule has 4 heteroatoms. The van der Waals surface area contributed by atoms with Crippen LogP contribution in [0.2, 0.25) is 0 Å². The van der Waals surface area contributed by atoms with Crippen molar-refractivity contribution >= 4 is 5.97 Å². The summed E-state index contributed by atoms with van der Waals surface area (Å²) in [5, 5.41) is 18.0. The zero-order valence-corrected chi connectivity index (χ0v) is 7.94. The number of aliphatic hydroxyl groups excluding tert-OH is 1. The first-order chi connectivity index (χ1) is 6.11. The molecule has 1 fully saturated rings. The molecule has 0 aromatic rings. The maximum atomic E-state index is 10.5. The molecule has 1 saturated heterocycles. The van der Waals surface area contributed by atoms with Crippen molar-refractivity contribution < 1.29 is 15.0 Å². The van der Waals surface area contributed by atoms with Crippen molar-refractivity contribution in [1.82, 2.24) is 4.90 Å². The summed E-state index contributed by atoms with van der Waals surface area (Å²) in [4.78, 5) is 12.7. The van der Waals surface area contributed by atoms with Crippen molar-refractivity contribution in [2.24, 2.45) is 5.92 Å². The van der Waals surface area contributed by atoms with E-state index in [1.54, 1.807) is 0 Å². The second kappa shape index (κ2) is 4.58. The van der Waals surface area contributed by atoms with Crippen molar-refractivity contribution in [3.8, 4) is 0 Å². The summed E-state index contributed by atoms with van der Waals surface area (Å²) in [6.45, 7) is 1.89. The van der Waals surface area contributed by atoms with Gasteiger partial charge < -0.3 is 15.1 Å². The van der Waals surface area contributed by atoms with Crippen LogP contribution in [0.25, 0.3) is 0 Å². The number of hydrogen-bond donors (Lipinski definition) is 2. The van der Waals surface area contributed by atoms with Gasteiger partial charge in [-0.25, -0.2) is 4.79 Å². The van der Waals surface area contributed by atoms with Crippen LogP contribution in [0, 0.1) is 5.92 Å².